The second kappa shape index (κ2) is 9.07. The summed E-state index contributed by atoms with van der Waals surface area (Å²) in [5.41, 5.74) is 4.64. The van der Waals surface area contributed by atoms with E-state index in [1.165, 1.54) is 16.7 Å². The third kappa shape index (κ3) is 4.82. The van der Waals surface area contributed by atoms with Gasteiger partial charge in [-0.3, -0.25) is 0 Å². The molecule has 1 aromatic heterocycles. The molecule has 0 atom stereocenters. The summed E-state index contributed by atoms with van der Waals surface area (Å²) < 4.78 is 5.64. The van der Waals surface area contributed by atoms with Crippen LogP contribution in [0.4, 0.5) is 5.69 Å². The van der Waals surface area contributed by atoms with Gasteiger partial charge in [0.2, 0.25) is 0 Å². The van der Waals surface area contributed by atoms with Crippen LogP contribution in [0.25, 0.3) is 0 Å². The molecule has 0 spiro atoms. The molecule has 0 unspecified atom stereocenters. The lowest BCUT2D eigenvalue weighted by atomic mass is 9.91. The van der Waals surface area contributed by atoms with Crippen molar-refractivity contribution >= 4 is 11.5 Å². The van der Waals surface area contributed by atoms with E-state index >= 15 is 0 Å². The Morgan fingerprint density at radius 3 is 1.97 bits per heavy atom. The number of furan rings is 1. The van der Waals surface area contributed by atoms with Gasteiger partial charge in [0.15, 0.2) is 11.6 Å². The molecular weight excluding hydrogens is 356 g/mol. The zero-order valence-electron chi connectivity index (χ0n) is 16.5. The van der Waals surface area contributed by atoms with Crippen LogP contribution in [0, 0.1) is 6.92 Å². The van der Waals surface area contributed by atoms with Crippen molar-refractivity contribution in [3.05, 3.63) is 126 Å². The summed E-state index contributed by atoms with van der Waals surface area (Å²) >= 11 is 0. The monoisotopic (exact) mass is 380 g/mol. The Hall–Kier alpha value is -3.59. The van der Waals surface area contributed by atoms with Crippen LogP contribution in [-0.4, -0.2) is 12.4 Å². The van der Waals surface area contributed by atoms with Gasteiger partial charge in [-0.15, -0.1) is 0 Å². The second-order valence-corrected chi connectivity index (χ2v) is 7.03. The minimum atomic E-state index is 0.204. The summed E-state index contributed by atoms with van der Waals surface area (Å²) in [7, 11) is 0. The number of aliphatic imine (C=N–C) groups is 1. The summed E-state index contributed by atoms with van der Waals surface area (Å²) in [4.78, 5) is 4.81. The van der Waals surface area contributed by atoms with Gasteiger partial charge in [0.25, 0.3) is 0 Å². The molecule has 0 fully saturated rings. The number of hydrogen-bond donors (Lipinski definition) is 1. The molecule has 0 bridgehead atoms. The van der Waals surface area contributed by atoms with E-state index in [0.717, 1.165) is 17.3 Å². The average Bonchev–Trinajstić information content (AvgIpc) is 3.31. The highest BCUT2D eigenvalue weighted by Gasteiger charge is 2.16. The number of amidine groups is 1. The van der Waals surface area contributed by atoms with Gasteiger partial charge >= 0.3 is 0 Å². The van der Waals surface area contributed by atoms with Crippen LogP contribution in [0.3, 0.4) is 0 Å². The lowest BCUT2D eigenvalue weighted by Gasteiger charge is -2.20. The van der Waals surface area contributed by atoms with Gasteiger partial charge in [0.1, 0.15) is 0 Å². The SMILES string of the molecule is Cc1ccc(/N=C(\NCC(c2ccccc2)c2ccccc2)c2ccco2)cc1. The summed E-state index contributed by atoms with van der Waals surface area (Å²) in [5, 5.41) is 3.54. The molecule has 0 aliphatic carbocycles. The molecule has 0 radical (unpaired) electrons. The largest absolute Gasteiger partial charge is 0.461 e. The topological polar surface area (TPSA) is 37.5 Å². The van der Waals surface area contributed by atoms with Crippen molar-refractivity contribution < 1.29 is 4.42 Å². The fourth-order valence-corrected chi connectivity index (χ4v) is 3.34. The molecule has 4 rings (SSSR count). The summed E-state index contributed by atoms with van der Waals surface area (Å²) in [5.74, 6) is 1.66. The predicted octanol–water partition coefficient (Wildman–Crippen LogP) is 6.09. The minimum Gasteiger partial charge on any atom is -0.461 e. The standard InChI is InChI=1S/C26H24N2O/c1-20-14-16-23(17-15-20)28-26(25-13-8-18-29-25)27-19-24(21-9-4-2-5-10-21)22-11-6-3-7-12-22/h2-18,24H,19H2,1H3,(H,27,28). The first-order valence-electron chi connectivity index (χ1n) is 9.82. The normalized spacial score (nSPS) is 11.6. The first-order chi connectivity index (χ1) is 14.3. The van der Waals surface area contributed by atoms with E-state index in [-0.39, 0.29) is 5.92 Å². The number of nitrogens with zero attached hydrogens (tertiary/aromatic N) is 1. The zero-order valence-corrected chi connectivity index (χ0v) is 16.5. The lowest BCUT2D eigenvalue weighted by Crippen LogP contribution is -2.29. The van der Waals surface area contributed by atoms with Crippen molar-refractivity contribution in [3.63, 3.8) is 0 Å². The van der Waals surface area contributed by atoms with Crippen molar-refractivity contribution in [1.82, 2.24) is 5.32 Å². The quantitative estimate of drug-likeness (QED) is 0.325. The Morgan fingerprint density at radius 2 is 1.41 bits per heavy atom. The van der Waals surface area contributed by atoms with Crippen LogP contribution in [0.2, 0.25) is 0 Å². The first-order valence-corrected chi connectivity index (χ1v) is 9.82. The molecule has 0 aliphatic rings. The molecule has 1 heterocycles. The van der Waals surface area contributed by atoms with E-state index in [9.17, 15) is 0 Å². The Bertz CT molecular complexity index is 998. The van der Waals surface area contributed by atoms with Crippen molar-refractivity contribution in [3.8, 4) is 0 Å². The molecule has 29 heavy (non-hydrogen) atoms. The van der Waals surface area contributed by atoms with Crippen LogP contribution < -0.4 is 5.32 Å². The van der Waals surface area contributed by atoms with Gasteiger partial charge in [-0.1, -0.05) is 78.4 Å². The first kappa shape index (κ1) is 18.8. The Labute approximate surface area is 171 Å². The summed E-state index contributed by atoms with van der Waals surface area (Å²) in [6, 6.07) is 33.1. The maximum absolute atomic E-state index is 5.64. The molecule has 3 heteroatoms. The molecule has 1 N–H and O–H groups in total. The average molecular weight is 380 g/mol. The van der Waals surface area contributed by atoms with E-state index in [2.05, 4.69) is 72.9 Å². The van der Waals surface area contributed by atoms with Crippen molar-refractivity contribution in [1.29, 1.82) is 0 Å². The molecule has 4 aromatic rings. The highest BCUT2D eigenvalue weighted by atomic mass is 16.3. The zero-order chi connectivity index (χ0) is 19.9. The van der Waals surface area contributed by atoms with E-state index in [1.54, 1.807) is 6.26 Å². The number of hydrogen-bond acceptors (Lipinski definition) is 2. The summed E-state index contributed by atoms with van der Waals surface area (Å²) in [6.07, 6.45) is 1.67. The fourth-order valence-electron chi connectivity index (χ4n) is 3.34. The van der Waals surface area contributed by atoms with Crippen LogP contribution >= 0.6 is 0 Å². The van der Waals surface area contributed by atoms with Gasteiger partial charge in [-0.2, -0.15) is 0 Å². The van der Waals surface area contributed by atoms with Gasteiger partial charge in [-0.25, -0.2) is 4.99 Å². The van der Waals surface area contributed by atoms with Crippen LogP contribution in [0.15, 0.2) is 113 Å². The maximum atomic E-state index is 5.64. The van der Waals surface area contributed by atoms with Gasteiger partial charge in [-0.05, 0) is 42.3 Å². The molecule has 3 aromatic carbocycles. The van der Waals surface area contributed by atoms with Crippen LogP contribution in [-0.2, 0) is 0 Å². The van der Waals surface area contributed by atoms with Crippen molar-refractivity contribution in [2.75, 3.05) is 6.54 Å². The molecule has 3 nitrogen and oxygen atoms in total. The third-order valence-electron chi connectivity index (χ3n) is 4.91. The molecule has 0 amide bonds. The highest BCUT2D eigenvalue weighted by Crippen LogP contribution is 2.24. The highest BCUT2D eigenvalue weighted by molar-refractivity contribution is 5.98. The third-order valence-corrected chi connectivity index (χ3v) is 4.91. The molecule has 0 aliphatic heterocycles. The number of benzene rings is 3. The van der Waals surface area contributed by atoms with E-state index in [0.29, 0.717) is 6.54 Å². The van der Waals surface area contributed by atoms with Gasteiger partial charge < -0.3 is 9.73 Å². The Kier molecular flexibility index (Phi) is 5.87. The molecule has 0 saturated heterocycles. The smallest absolute Gasteiger partial charge is 0.170 e. The van der Waals surface area contributed by atoms with Crippen LogP contribution in [0.1, 0.15) is 28.4 Å². The summed E-state index contributed by atoms with van der Waals surface area (Å²) in [6.45, 7) is 2.78. The van der Waals surface area contributed by atoms with E-state index < -0.39 is 0 Å². The maximum Gasteiger partial charge on any atom is 0.170 e. The van der Waals surface area contributed by atoms with E-state index in [1.807, 2.05) is 36.4 Å². The van der Waals surface area contributed by atoms with Crippen molar-refractivity contribution in [2.24, 2.45) is 4.99 Å². The van der Waals surface area contributed by atoms with Gasteiger partial charge in [0, 0.05) is 12.5 Å². The number of nitrogens with one attached hydrogen (secondary N) is 1. The van der Waals surface area contributed by atoms with Gasteiger partial charge in [0.05, 0.1) is 12.0 Å². The molecule has 0 saturated carbocycles. The fraction of sp³-hybridized carbons (Fsp3) is 0.115. The second-order valence-electron chi connectivity index (χ2n) is 7.03. The number of rotatable bonds is 6. The lowest BCUT2D eigenvalue weighted by molar-refractivity contribution is 0.552. The predicted molar refractivity (Wildman–Crippen MR) is 119 cm³/mol. The minimum absolute atomic E-state index is 0.204. The molecular formula is C26H24N2O. The Balaban J connectivity index is 1.63. The Morgan fingerprint density at radius 1 is 0.793 bits per heavy atom. The number of aryl methyl sites for hydroxylation is 1. The van der Waals surface area contributed by atoms with Crippen molar-refractivity contribution in [2.45, 2.75) is 12.8 Å². The van der Waals surface area contributed by atoms with Crippen LogP contribution in [0.5, 0.6) is 0 Å². The van der Waals surface area contributed by atoms with E-state index in [4.69, 9.17) is 9.41 Å². The molecule has 144 valence electrons.